The summed E-state index contributed by atoms with van der Waals surface area (Å²) in [6.45, 7) is 7.47. The molecule has 0 aromatic heterocycles. The van der Waals surface area contributed by atoms with Crippen molar-refractivity contribution in [1.29, 1.82) is 0 Å². The van der Waals surface area contributed by atoms with Crippen LogP contribution < -0.4 is 5.32 Å². The number of hydrogen-bond acceptors (Lipinski definition) is 2. The third-order valence-corrected chi connectivity index (χ3v) is 10.3. The summed E-state index contributed by atoms with van der Waals surface area (Å²) in [5.74, 6) is 4.78. The standard InChI is InChI=1S/C26H41NO2/c1-17(29-18-7-5-4-6-8-18)20-10-11-21-19-9-12-23-26(3,16-14-24(28)27-23)22(19)13-15-25(20,21)2/h7,17,19-23H,4-6,8-16H2,1-3H3,(H,27,28)/t17-,19?,20?,21?,22?,23?,25-,26-/m1/s1. The van der Waals surface area contributed by atoms with Crippen LogP contribution in [0.5, 0.6) is 0 Å². The van der Waals surface area contributed by atoms with Gasteiger partial charge in [0.1, 0.15) is 0 Å². The number of rotatable bonds is 3. The first-order chi connectivity index (χ1) is 13.9. The van der Waals surface area contributed by atoms with E-state index in [0.29, 0.717) is 28.9 Å². The van der Waals surface area contributed by atoms with Crippen LogP contribution in [0.3, 0.4) is 0 Å². The van der Waals surface area contributed by atoms with Gasteiger partial charge in [0.25, 0.3) is 0 Å². The maximum absolute atomic E-state index is 12.0. The Labute approximate surface area is 177 Å². The number of carbonyl (C=O) groups excluding carboxylic acids is 1. The van der Waals surface area contributed by atoms with Crippen molar-refractivity contribution in [2.45, 2.75) is 110 Å². The van der Waals surface area contributed by atoms with Gasteiger partial charge in [-0.15, -0.1) is 0 Å². The molecular formula is C26H41NO2. The van der Waals surface area contributed by atoms with Crippen molar-refractivity contribution in [3.05, 3.63) is 11.8 Å². The van der Waals surface area contributed by atoms with E-state index in [-0.39, 0.29) is 5.91 Å². The molecule has 0 aromatic carbocycles. The molecule has 162 valence electrons. The van der Waals surface area contributed by atoms with E-state index >= 15 is 0 Å². The SMILES string of the molecule is C[C@@H](OC1=CCCCC1)C1CCC2C3CCC4NC(=O)CC[C@]4(C)C3CC[C@@]21C. The molecule has 3 nitrogen and oxygen atoms in total. The number of carbonyl (C=O) groups is 1. The van der Waals surface area contributed by atoms with E-state index in [1.54, 1.807) is 0 Å². The predicted octanol–water partition coefficient (Wildman–Crippen LogP) is 5.99. The van der Waals surface area contributed by atoms with Crippen molar-refractivity contribution >= 4 is 5.91 Å². The van der Waals surface area contributed by atoms with Gasteiger partial charge in [-0.05, 0) is 106 Å². The van der Waals surface area contributed by atoms with Crippen LogP contribution in [0.2, 0.25) is 0 Å². The van der Waals surface area contributed by atoms with Gasteiger partial charge in [-0.1, -0.05) is 13.8 Å². The molecular weight excluding hydrogens is 358 g/mol. The number of ether oxygens (including phenoxy) is 1. The number of nitrogens with one attached hydrogen (secondary N) is 1. The number of allylic oxidation sites excluding steroid dienone is 2. The van der Waals surface area contributed by atoms with Crippen molar-refractivity contribution < 1.29 is 9.53 Å². The van der Waals surface area contributed by atoms with Crippen molar-refractivity contribution in [3.8, 4) is 0 Å². The summed E-state index contributed by atoms with van der Waals surface area (Å²) >= 11 is 0. The minimum atomic E-state index is 0.287. The Balaban J connectivity index is 1.33. The molecule has 1 N–H and O–H groups in total. The lowest BCUT2D eigenvalue weighted by molar-refractivity contribution is -0.138. The highest BCUT2D eigenvalue weighted by Crippen LogP contribution is 2.66. The molecule has 0 spiro atoms. The van der Waals surface area contributed by atoms with Crippen LogP contribution in [-0.4, -0.2) is 18.1 Å². The average Bonchev–Trinajstić information content (AvgIpc) is 3.06. The van der Waals surface area contributed by atoms with Gasteiger partial charge in [-0.25, -0.2) is 0 Å². The van der Waals surface area contributed by atoms with Crippen molar-refractivity contribution in [2.75, 3.05) is 0 Å². The molecule has 4 aliphatic carbocycles. The average molecular weight is 400 g/mol. The zero-order valence-corrected chi connectivity index (χ0v) is 18.8. The minimum Gasteiger partial charge on any atom is -0.495 e. The minimum absolute atomic E-state index is 0.287. The van der Waals surface area contributed by atoms with Crippen molar-refractivity contribution in [2.24, 2.45) is 34.5 Å². The van der Waals surface area contributed by atoms with Gasteiger partial charge >= 0.3 is 0 Å². The lowest BCUT2D eigenvalue weighted by atomic mass is 9.47. The van der Waals surface area contributed by atoms with Crippen LogP contribution in [0.1, 0.15) is 97.8 Å². The van der Waals surface area contributed by atoms with Crippen molar-refractivity contribution in [3.63, 3.8) is 0 Å². The van der Waals surface area contributed by atoms with E-state index in [1.165, 1.54) is 63.5 Å². The highest BCUT2D eigenvalue weighted by atomic mass is 16.5. The van der Waals surface area contributed by atoms with Crippen LogP contribution in [0.4, 0.5) is 0 Å². The van der Waals surface area contributed by atoms with Crippen LogP contribution >= 0.6 is 0 Å². The molecule has 1 heterocycles. The quantitative estimate of drug-likeness (QED) is 0.633. The maximum Gasteiger partial charge on any atom is 0.220 e. The van der Waals surface area contributed by atoms with E-state index in [1.807, 2.05) is 0 Å². The third kappa shape index (κ3) is 3.17. The number of piperidine rings is 1. The molecule has 8 atom stereocenters. The molecule has 1 amide bonds. The summed E-state index contributed by atoms with van der Waals surface area (Å²) in [6, 6.07) is 0.423. The largest absolute Gasteiger partial charge is 0.495 e. The number of hydrogen-bond donors (Lipinski definition) is 1. The molecule has 3 heteroatoms. The van der Waals surface area contributed by atoms with Crippen molar-refractivity contribution in [1.82, 2.24) is 5.32 Å². The smallest absolute Gasteiger partial charge is 0.220 e. The van der Waals surface area contributed by atoms with Crippen LogP contribution in [0.15, 0.2) is 11.8 Å². The fourth-order valence-corrected chi connectivity index (χ4v) is 8.75. The fourth-order valence-electron chi connectivity index (χ4n) is 8.75. The van der Waals surface area contributed by atoms with E-state index in [2.05, 4.69) is 32.2 Å². The van der Waals surface area contributed by atoms with Crippen LogP contribution in [0.25, 0.3) is 0 Å². The second-order valence-electron chi connectivity index (χ2n) is 11.5. The van der Waals surface area contributed by atoms with Crippen LogP contribution in [0, 0.1) is 34.5 Å². The molecule has 4 fully saturated rings. The van der Waals surface area contributed by atoms with Gasteiger partial charge in [0, 0.05) is 24.8 Å². The number of fused-ring (bicyclic) bond motifs is 5. The molecule has 1 aliphatic heterocycles. The summed E-state index contributed by atoms with van der Waals surface area (Å²) in [5.41, 5.74) is 0.766. The second kappa shape index (κ2) is 7.31. The predicted molar refractivity (Wildman–Crippen MR) is 116 cm³/mol. The Kier molecular flexibility index (Phi) is 5.02. The van der Waals surface area contributed by atoms with Gasteiger partial charge < -0.3 is 10.1 Å². The Hall–Kier alpha value is -0.990. The Morgan fingerprint density at radius 1 is 1.00 bits per heavy atom. The molecule has 0 bridgehead atoms. The van der Waals surface area contributed by atoms with Gasteiger partial charge in [0.2, 0.25) is 5.91 Å². The Morgan fingerprint density at radius 3 is 2.62 bits per heavy atom. The first kappa shape index (κ1) is 19.9. The highest BCUT2D eigenvalue weighted by molar-refractivity contribution is 5.77. The molecule has 0 radical (unpaired) electrons. The zero-order chi connectivity index (χ0) is 20.2. The van der Waals surface area contributed by atoms with Gasteiger partial charge in [0.15, 0.2) is 0 Å². The van der Waals surface area contributed by atoms with E-state index in [9.17, 15) is 4.79 Å². The zero-order valence-electron chi connectivity index (χ0n) is 18.8. The molecule has 3 saturated carbocycles. The van der Waals surface area contributed by atoms with Gasteiger partial charge in [-0.3, -0.25) is 4.79 Å². The molecule has 1 saturated heterocycles. The monoisotopic (exact) mass is 399 g/mol. The molecule has 29 heavy (non-hydrogen) atoms. The summed E-state index contributed by atoms with van der Waals surface area (Å²) < 4.78 is 6.56. The number of amides is 1. The van der Waals surface area contributed by atoms with Gasteiger partial charge in [-0.2, -0.15) is 0 Å². The van der Waals surface area contributed by atoms with Crippen LogP contribution in [-0.2, 0) is 9.53 Å². The Morgan fingerprint density at radius 2 is 1.83 bits per heavy atom. The third-order valence-electron chi connectivity index (χ3n) is 10.3. The summed E-state index contributed by atoms with van der Waals surface area (Å²) in [4.78, 5) is 12.0. The molecule has 5 unspecified atom stereocenters. The lowest BCUT2D eigenvalue weighted by Gasteiger charge is -2.60. The first-order valence-corrected chi connectivity index (χ1v) is 12.6. The normalized spacial score (nSPS) is 47.9. The van der Waals surface area contributed by atoms with Gasteiger partial charge in [0.05, 0.1) is 11.9 Å². The van der Waals surface area contributed by atoms with E-state index in [0.717, 1.165) is 37.0 Å². The van der Waals surface area contributed by atoms with E-state index < -0.39 is 0 Å². The summed E-state index contributed by atoms with van der Waals surface area (Å²) in [5, 5.41) is 3.37. The lowest BCUT2D eigenvalue weighted by Crippen LogP contribution is -2.61. The summed E-state index contributed by atoms with van der Waals surface area (Å²) in [7, 11) is 0. The Bertz CT molecular complexity index is 686. The maximum atomic E-state index is 12.0. The molecule has 0 aromatic rings. The summed E-state index contributed by atoms with van der Waals surface area (Å²) in [6.07, 6.45) is 17.5. The second-order valence-corrected chi connectivity index (χ2v) is 11.5. The van der Waals surface area contributed by atoms with E-state index in [4.69, 9.17) is 4.74 Å². The molecule has 5 aliphatic rings. The highest BCUT2D eigenvalue weighted by Gasteiger charge is 2.61. The molecule has 5 rings (SSSR count). The topological polar surface area (TPSA) is 38.3 Å². The first-order valence-electron chi connectivity index (χ1n) is 12.6. The fraction of sp³-hybridized carbons (Fsp3) is 0.885.